The Morgan fingerprint density at radius 2 is 2.00 bits per heavy atom. The van der Waals surface area contributed by atoms with Crippen LogP contribution in [0.4, 0.5) is 5.69 Å². The van der Waals surface area contributed by atoms with Gasteiger partial charge in [0.05, 0.1) is 18.4 Å². The monoisotopic (exact) mass is 369 g/mol. The molecule has 0 aliphatic heterocycles. The zero-order valence-corrected chi connectivity index (χ0v) is 14.8. The number of anilines is 1. The molecule has 1 amide bonds. The van der Waals surface area contributed by atoms with E-state index in [9.17, 15) is 9.59 Å². The van der Waals surface area contributed by atoms with Crippen molar-refractivity contribution < 1.29 is 23.3 Å². The number of hydrogen-bond acceptors (Lipinski definition) is 7. The van der Waals surface area contributed by atoms with E-state index in [0.29, 0.717) is 54.6 Å². The van der Waals surface area contributed by atoms with E-state index in [2.05, 4.69) is 15.5 Å². The lowest BCUT2D eigenvalue weighted by molar-refractivity contribution is -0.116. The molecule has 27 heavy (non-hydrogen) atoms. The van der Waals surface area contributed by atoms with E-state index in [4.69, 9.17) is 13.7 Å². The fourth-order valence-electron chi connectivity index (χ4n) is 2.39. The second-order valence-corrected chi connectivity index (χ2v) is 5.69. The summed E-state index contributed by atoms with van der Waals surface area (Å²) in [6.07, 6.45) is 2.89. The number of nitrogens with one attached hydrogen (secondary N) is 1. The number of esters is 1. The Kier molecular flexibility index (Phi) is 5.98. The molecule has 1 N–H and O–H groups in total. The van der Waals surface area contributed by atoms with Crippen LogP contribution in [0.3, 0.4) is 0 Å². The fraction of sp³-hybridized carbons (Fsp3) is 0.263. The minimum Gasteiger partial charge on any atom is -0.462 e. The highest BCUT2D eigenvalue weighted by atomic mass is 16.5. The Labute approximate surface area is 155 Å². The zero-order valence-electron chi connectivity index (χ0n) is 14.8. The Bertz CT molecular complexity index is 884. The molecule has 2 aromatic heterocycles. The van der Waals surface area contributed by atoms with Crippen molar-refractivity contribution in [3.63, 3.8) is 0 Å². The molecule has 0 saturated carbocycles. The quantitative estimate of drug-likeness (QED) is 0.606. The molecular weight excluding hydrogens is 350 g/mol. The van der Waals surface area contributed by atoms with Crippen molar-refractivity contribution in [2.24, 2.45) is 0 Å². The summed E-state index contributed by atoms with van der Waals surface area (Å²) in [5.41, 5.74) is 1.06. The number of nitrogens with zero attached hydrogens (tertiary/aromatic N) is 2. The molecule has 0 unspecified atom stereocenters. The van der Waals surface area contributed by atoms with Gasteiger partial charge in [-0.15, -0.1) is 0 Å². The van der Waals surface area contributed by atoms with Crippen molar-refractivity contribution in [3.8, 4) is 11.6 Å². The largest absolute Gasteiger partial charge is 0.462 e. The minimum absolute atomic E-state index is 0.135. The smallest absolute Gasteiger partial charge is 0.338 e. The third kappa shape index (κ3) is 5.04. The molecular formula is C19H19N3O5. The van der Waals surface area contributed by atoms with Gasteiger partial charge in [-0.3, -0.25) is 4.79 Å². The molecule has 3 rings (SSSR count). The highest BCUT2D eigenvalue weighted by Gasteiger charge is 2.12. The third-order valence-corrected chi connectivity index (χ3v) is 3.68. The van der Waals surface area contributed by atoms with Crippen molar-refractivity contribution in [2.75, 3.05) is 11.9 Å². The van der Waals surface area contributed by atoms with Crippen LogP contribution >= 0.6 is 0 Å². The molecule has 0 radical (unpaired) electrons. The molecule has 0 bridgehead atoms. The number of carbonyl (C=O) groups is 2. The van der Waals surface area contributed by atoms with Gasteiger partial charge in [0.25, 0.3) is 0 Å². The lowest BCUT2D eigenvalue weighted by Gasteiger charge is -2.06. The van der Waals surface area contributed by atoms with Crippen LogP contribution in [0.2, 0.25) is 0 Å². The number of aromatic nitrogens is 2. The zero-order chi connectivity index (χ0) is 19.1. The van der Waals surface area contributed by atoms with E-state index >= 15 is 0 Å². The molecule has 0 aliphatic rings. The molecule has 8 nitrogen and oxygen atoms in total. The van der Waals surface area contributed by atoms with Gasteiger partial charge in [0.2, 0.25) is 17.6 Å². The van der Waals surface area contributed by atoms with Crippen LogP contribution in [0.25, 0.3) is 11.6 Å². The van der Waals surface area contributed by atoms with Crippen molar-refractivity contribution in [3.05, 3.63) is 54.1 Å². The molecule has 0 fully saturated rings. The van der Waals surface area contributed by atoms with Gasteiger partial charge in [-0.05, 0) is 49.7 Å². The third-order valence-electron chi connectivity index (χ3n) is 3.68. The summed E-state index contributed by atoms with van der Waals surface area (Å²) in [4.78, 5) is 27.9. The number of ether oxygens (including phenoxy) is 1. The molecule has 0 aliphatic carbocycles. The standard InChI is InChI=1S/C19H19N3O5/c1-2-25-19(24)13-8-10-14(11-9-13)20-16(23)6-3-7-17-21-18(22-27-17)15-5-4-12-26-15/h4-5,8-12H,2-3,6-7H2,1H3,(H,20,23). The van der Waals surface area contributed by atoms with Gasteiger partial charge in [0.15, 0.2) is 5.76 Å². The molecule has 1 aromatic carbocycles. The Morgan fingerprint density at radius 1 is 1.19 bits per heavy atom. The summed E-state index contributed by atoms with van der Waals surface area (Å²) in [5.74, 6) is 0.858. The predicted molar refractivity (Wildman–Crippen MR) is 96.0 cm³/mol. The average Bonchev–Trinajstić information content (AvgIpc) is 3.34. The maximum absolute atomic E-state index is 12.0. The van der Waals surface area contributed by atoms with Crippen LogP contribution in [0.1, 0.15) is 36.0 Å². The first-order valence-electron chi connectivity index (χ1n) is 8.59. The number of furan rings is 1. The highest BCUT2D eigenvalue weighted by molar-refractivity contribution is 5.93. The van der Waals surface area contributed by atoms with Gasteiger partial charge in [0, 0.05) is 18.5 Å². The summed E-state index contributed by atoms with van der Waals surface area (Å²) >= 11 is 0. The lowest BCUT2D eigenvalue weighted by Crippen LogP contribution is -2.12. The Hall–Kier alpha value is -3.42. The van der Waals surface area contributed by atoms with Gasteiger partial charge in [-0.25, -0.2) is 4.79 Å². The molecule has 140 valence electrons. The normalized spacial score (nSPS) is 10.6. The number of hydrogen-bond donors (Lipinski definition) is 1. The van der Waals surface area contributed by atoms with Crippen LogP contribution in [0.15, 0.2) is 51.6 Å². The van der Waals surface area contributed by atoms with E-state index in [1.165, 1.54) is 6.26 Å². The number of carbonyl (C=O) groups excluding carboxylic acids is 2. The Balaban J connectivity index is 1.44. The molecule has 2 heterocycles. The second kappa shape index (κ2) is 8.79. The summed E-state index contributed by atoms with van der Waals surface area (Å²) in [6, 6.07) is 10.0. The van der Waals surface area contributed by atoms with Gasteiger partial charge >= 0.3 is 5.97 Å². The van der Waals surface area contributed by atoms with Crippen LogP contribution in [-0.4, -0.2) is 28.6 Å². The van der Waals surface area contributed by atoms with Gasteiger partial charge in [-0.2, -0.15) is 4.98 Å². The SMILES string of the molecule is CCOC(=O)c1ccc(NC(=O)CCCc2nc(-c3ccco3)no2)cc1. The first-order valence-corrected chi connectivity index (χ1v) is 8.59. The van der Waals surface area contributed by atoms with Crippen molar-refractivity contribution >= 4 is 17.6 Å². The Morgan fingerprint density at radius 3 is 2.70 bits per heavy atom. The second-order valence-electron chi connectivity index (χ2n) is 5.69. The predicted octanol–water partition coefficient (Wildman–Crippen LogP) is 3.47. The van der Waals surface area contributed by atoms with Crippen molar-refractivity contribution in [1.82, 2.24) is 10.1 Å². The summed E-state index contributed by atoms with van der Waals surface area (Å²) in [7, 11) is 0. The summed E-state index contributed by atoms with van der Waals surface area (Å²) < 4.78 is 15.3. The first kappa shape index (κ1) is 18.4. The summed E-state index contributed by atoms with van der Waals surface area (Å²) in [6.45, 7) is 2.07. The van der Waals surface area contributed by atoms with Crippen LogP contribution < -0.4 is 5.32 Å². The minimum atomic E-state index is -0.385. The maximum Gasteiger partial charge on any atom is 0.338 e. The number of amides is 1. The van der Waals surface area contributed by atoms with Gasteiger partial charge in [0.1, 0.15) is 0 Å². The number of benzene rings is 1. The van der Waals surface area contributed by atoms with Gasteiger partial charge < -0.3 is 19.0 Å². The van der Waals surface area contributed by atoms with E-state index in [-0.39, 0.29) is 11.9 Å². The van der Waals surface area contributed by atoms with Crippen molar-refractivity contribution in [1.29, 1.82) is 0 Å². The topological polar surface area (TPSA) is 107 Å². The van der Waals surface area contributed by atoms with Crippen molar-refractivity contribution in [2.45, 2.75) is 26.2 Å². The van der Waals surface area contributed by atoms with Crippen LogP contribution in [0.5, 0.6) is 0 Å². The van der Waals surface area contributed by atoms with E-state index in [1.807, 2.05) is 0 Å². The maximum atomic E-state index is 12.0. The molecule has 8 heteroatoms. The van der Waals surface area contributed by atoms with E-state index < -0.39 is 0 Å². The molecule has 0 atom stereocenters. The van der Waals surface area contributed by atoms with E-state index in [1.54, 1.807) is 43.3 Å². The lowest BCUT2D eigenvalue weighted by atomic mass is 10.2. The molecule has 0 spiro atoms. The average molecular weight is 369 g/mol. The fourth-order valence-corrected chi connectivity index (χ4v) is 2.39. The highest BCUT2D eigenvalue weighted by Crippen LogP contribution is 2.17. The number of rotatable bonds is 8. The first-order chi connectivity index (χ1) is 13.2. The molecule has 3 aromatic rings. The van der Waals surface area contributed by atoms with Crippen LogP contribution in [0, 0.1) is 0 Å². The molecule has 0 saturated heterocycles. The van der Waals surface area contributed by atoms with Gasteiger partial charge in [-0.1, -0.05) is 5.16 Å². The number of aryl methyl sites for hydroxylation is 1. The summed E-state index contributed by atoms with van der Waals surface area (Å²) in [5, 5.41) is 6.62. The van der Waals surface area contributed by atoms with Crippen LogP contribution in [-0.2, 0) is 16.0 Å². The van der Waals surface area contributed by atoms with E-state index in [0.717, 1.165) is 0 Å².